The summed E-state index contributed by atoms with van der Waals surface area (Å²) in [6.07, 6.45) is 7.73. The standard InChI is InChI=1S/C15H23N3O/c1-18(2)11-12-3-5-13(6-4-12)15(19)17-14-7-9-16-10-8-14/h7-10,12-13H,3-6,11H2,1-2H3,(H,16,17,19). The Morgan fingerprint density at radius 2 is 1.89 bits per heavy atom. The van der Waals surface area contributed by atoms with Crippen molar-refractivity contribution in [2.24, 2.45) is 11.8 Å². The van der Waals surface area contributed by atoms with Crippen LogP contribution in [0.5, 0.6) is 0 Å². The van der Waals surface area contributed by atoms with Gasteiger partial charge in [0.05, 0.1) is 0 Å². The maximum absolute atomic E-state index is 12.2. The lowest BCUT2D eigenvalue weighted by molar-refractivity contribution is -0.121. The number of nitrogens with zero attached hydrogens (tertiary/aromatic N) is 2. The number of amides is 1. The fourth-order valence-electron chi connectivity index (χ4n) is 2.80. The van der Waals surface area contributed by atoms with Crippen molar-refractivity contribution in [2.75, 3.05) is 26.0 Å². The minimum absolute atomic E-state index is 0.162. The van der Waals surface area contributed by atoms with Crippen LogP contribution in [0, 0.1) is 11.8 Å². The zero-order valence-corrected chi connectivity index (χ0v) is 11.8. The number of hydrogen-bond acceptors (Lipinski definition) is 3. The minimum Gasteiger partial charge on any atom is -0.326 e. The lowest BCUT2D eigenvalue weighted by Crippen LogP contribution is -2.30. The Hall–Kier alpha value is -1.42. The Bertz CT molecular complexity index is 397. The topological polar surface area (TPSA) is 45.2 Å². The summed E-state index contributed by atoms with van der Waals surface area (Å²) in [5, 5.41) is 2.98. The first-order chi connectivity index (χ1) is 9.15. The quantitative estimate of drug-likeness (QED) is 0.905. The van der Waals surface area contributed by atoms with Gasteiger partial charge in [-0.3, -0.25) is 9.78 Å². The van der Waals surface area contributed by atoms with E-state index >= 15 is 0 Å². The Balaban J connectivity index is 1.79. The van der Waals surface area contributed by atoms with Crippen molar-refractivity contribution in [3.05, 3.63) is 24.5 Å². The van der Waals surface area contributed by atoms with Crippen LogP contribution in [0.15, 0.2) is 24.5 Å². The molecule has 104 valence electrons. The van der Waals surface area contributed by atoms with Crippen LogP contribution in [-0.4, -0.2) is 36.4 Å². The number of rotatable bonds is 4. The first-order valence-corrected chi connectivity index (χ1v) is 7.01. The summed E-state index contributed by atoms with van der Waals surface area (Å²) in [5.74, 6) is 1.08. The minimum atomic E-state index is 0.162. The number of anilines is 1. The van der Waals surface area contributed by atoms with Gasteiger partial charge in [-0.05, 0) is 57.8 Å². The fraction of sp³-hybridized carbons (Fsp3) is 0.600. The molecular weight excluding hydrogens is 238 g/mol. The van der Waals surface area contributed by atoms with Crippen molar-refractivity contribution < 1.29 is 4.79 Å². The molecule has 0 unspecified atom stereocenters. The van der Waals surface area contributed by atoms with Gasteiger partial charge in [0, 0.05) is 30.5 Å². The fourth-order valence-corrected chi connectivity index (χ4v) is 2.80. The summed E-state index contributed by atoms with van der Waals surface area (Å²) in [5.41, 5.74) is 0.843. The van der Waals surface area contributed by atoms with E-state index in [4.69, 9.17) is 0 Å². The molecule has 0 spiro atoms. The number of hydrogen-bond donors (Lipinski definition) is 1. The Kier molecular flexibility index (Phi) is 4.91. The van der Waals surface area contributed by atoms with Crippen LogP contribution in [-0.2, 0) is 4.79 Å². The summed E-state index contributed by atoms with van der Waals surface area (Å²) in [4.78, 5) is 18.3. The number of carbonyl (C=O) groups excluding carboxylic acids is 1. The van der Waals surface area contributed by atoms with Gasteiger partial charge in [0.2, 0.25) is 5.91 Å². The van der Waals surface area contributed by atoms with E-state index in [0.29, 0.717) is 0 Å². The lowest BCUT2D eigenvalue weighted by atomic mass is 9.81. The molecule has 1 aromatic rings. The van der Waals surface area contributed by atoms with Crippen molar-refractivity contribution in [2.45, 2.75) is 25.7 Å². The summed E-state index contributed by atoms with van der Waals surface area (Å²) < 4.78 is 0. The van der Waals surface area contributed by atoms with E-state index in [1.165, 1.54) is 0 Å². The molecule has 0 saturated heterocycles. The Morgan fingerprint density at radius 1 is 1.26 bits per heavy atom. The predicted molar refractivity (Wildman–Crippen MR) is 76.9 cm³/mol. The van der Waals surface area contributed by atoms with E-state index in [1.54, 1.807) is 12.4 Å². The van der Waals surface area contributed by atoms with Crippen molar-refractivity contribution in [1.29, 1.82) is 0 Å². The molecule has 1 saturated carbocycles. The molecule has 0 aromatic carbocycles. The average Bonchev–Trinajstić information content (AvgIpc) is 2.40. The summed E-state index contributed by atoms with van der Waals surface area (Å²) in [6, 6.07) is 3.66. The van der Waals surface area contributed by atoms with Gasteiger partial charge >= 0.3 is 0 Å². The number of nitrogens with one attached hydrogen (secondary N) is 1. The van der Waals surface area contributed by atoms with Gasteiger partial charge in [-0.2, -0.15) is 0 Å². The van der Waals surface area contributed by atoms with Crippen LogP contribution in [0.3, 0.4) is 0 Å². The molecule has 0 aliphatic heterocycles. The van der Waals surface area contributed by atoms with E-state index in [0.717, 1.165) is 43.8 Å². The van der Waals surface area contributed by atoms with Crippen LogP contribution >= 0.6 is 0 Å². The molecule has 2 rings (SSSR count). The first-order valence-electron chi connectivity index (χ1n) is 7.01. The molecule has 1 amide bonds. The van der Waals surface area contributed by atoms with E-state index in [1.807, 2.05) is 12.1 Å². The SMILES string of the molecule is CN(C)CC1CCC(C(=O)Nc2ccncc2)CC1. The number of aromatic nitrogens is 1. The molecule has 1 aromatic heterocycles. The van der Waals surface area contributed by atoms with Crippen LogP contribution in [0.25, 0.3) is 0 Å². The van der Waals surface area contributed by atoms with Crippen LogP contribution in [0.1, 0.15) is 25.7 Å². The maximum atomic E-state index is 12.2. The highest BCUT2D eigenvalue weighted by molar-refractivity contribution is 5.92. The molecule has 4 heteroatoms. The van der Waals surface area contributed by atoms with Gasteiger partial charge in [0.1, 0.15) is 0 Å². The molecule has 0 bridgehead atoms. The summed E-state index contributed by atoms with van der Waals surface area (Å²) in [7, 11) is 4.23. The van der Waals surface area contributed by atoms with E-state index < -0.39 is 0 Å². The van der Waals surface area contributed by atoms with E-state index in [-0.39, 0.29) is 11.8 Å². The third kappa shape index (κ3) is 4.31. The third-order valence-corrected chi connectivity index (χ3v) is 3.79. The zero-order chi connectivity index (χ0) is 13.7. The predicted octanol–water partition coefficient (Wildman–Crippen LogP) is 2.39. The van der Waals surface area contributed by atoms with Gasteiger partial charge in [-0.1, -0.05) is 0 Å². The largest absolute Gasteiger partial charge is 0.326 e. The molecule has 4 nitrogen and oxygen atoms in total. The van der Waals surface area contributed by atoms with Crippen LogP contribution < -0.4 is 5.32 Å². The number of carbonyl (C=O) groups is 1. The van der Waals surface area contributed by atoms with Crippen molar-refractivity contribution in [1.82, 2.24) is 9.88 Å². The average molecular weight is 261 g/mol. The highest BCUT2D eigenvalue weighted by atomic mass is 16.1. The second kappa shape index (κ2) is 6.66. The molecule has 1 heterocycles. The van der Waals surface area contributed by atoms with Gasteiger partial charge in [0.15, 0.2) is 0 Å². The van der Waals surface area contributed by atoms with E-state index in [2.05, 4.69) is 29.3 Å². The molecule has 1 aliphatic carbocycles. The third-order valence-electron chi connectivity index (χ3n) is 3.79. The van der Waals surface area contributed by atoms with Crippen molar-refractivity contribution >= 4 is 11.6 Å². The molecule has 1 fully saturated rings. The van der Waals surface area contributed by atoms with Crippen molar-refractivity contribution in [3.8, 4) is 0 Å². The highest BCUT2D eigenvalue weighted by Gasteiger charge is 2.26. The summed E-state index contributed by atoms with van der Waals surface area (Å²) in [6.45, 7) is 1.14. The molecule has 1 aliphatic rings. The van der Waals surface area contributed by atoms with Crippen LogP contribution in [0.4, 0.5) is 5.69 Å². The summed E-state index contributed by atoms with van der Waals surface area (Å²) >= 11 is 0. The van der Waals surface area contributed by atoms with Gasteiger partial charge in [-0.25, -0.2) is 0 Å². The normalized spacial score (nSPS) is 23.3. The van der Waals surface area contributed by atoms with Crippen molar-refractivity contribution in [3.63, 3.8) is 0 Å². The molecular formula is C15H23N3O. The van der Waals surface area contributed by atoms with Gasteiger partial charge in [-0.15, -0.1) is 0 Å². The van der Waals surface area contributed by atoms with Gasteiger partial charge in [0.25, 0.3) is 0 Å². The maximum Gasteiger partial charge on any atom is 0.227 e. The monoisotopic (exact) mass is 261 g/mol. The first kappa shape index (κ1) is 14.0. The highest BCUT2D eigenvalue weighted by Crippen LogP contribution is 2.29. The molecule has 0 atom stereocenters. The lowest BCUT2D eigenvalue weighted by Gasteiger charge is -2.29. The molecule has 1 N–H and O–H groups in total. The van der Waals surface area contributed by atoms with E-state index in [9.17, 15) is 4.79 Å². The van der Waals surface area contributed by atoms with Gasteiger partial charge < -0.3 is 10.2 Å². The molecule has 19 heavy (non-hydrogen) atoms. The second-order valence-electron chi connectivity index (χ2n) is 5.71. The van der Waals surface area contributed by atoms with Crippen LogP contribution in [0.2, 0.25) is 0 Å². The smallest absolute Gasteiger partial charge is 0.227 e. The zero-order valence-electron chi connectivity index (χ0n) is 11.8. The molecule has 0 radical (unpaired) electrons. The number of pyridine rings is 1. The Morgan fingerprint density at radius 3 is 2.47 bits per heavy atom. The second-order valence-corrected chi connectivity index (χ2v) is 5.71. The Labute approximate surface area is 115 Å².